The zero-order valence-electron chi connectivity index (χ0n) is 18.8. The van der Waals surface area contributed by atoms with Crippen LogP contribution in [0, 0.1) is 17.8 Å². The van der Waals surface area contributed by atoms with Crippen LogP contribution in [0.1, 0.15) is 44.7 Å². The molecule has 32 heavy (non-hydrogen) atoms. The molecule has 0 saturated carbocycles. The third kappa shape index (κ3) is 5.99. The number of aliphatic imine (C=N–C) groups is 1. The van der Waals surface area contributed by atoms with E-state index in [1.54, 1.807) is 42.8 Å². The van der Waals surface area contributed by atoms with E-state index >= 15 is 0 Å². The lowest BCUT2D eigenvalue weighted by atomic mass is 9.84. The van der Waals surface area contributed by atoms with Gasteiger partial charge in [0, 0.05) is 18.5 Å². The lowest BCUT2D eigenvalue weighted by Gasteiger charge is -2.25. The molecule has 0 bridgehead atoms. The van der Waals surface area contributed by atoms with E-state index in [-0.39, 0.29) is 17.5 Å². The summed E-state index contributed by atoms with van der Waals surface area (Å²) < 4.78 is 42.4. The predicted molar refractivity (Wildman–Crippen MR) is 123 cm³/mol. The van der Waals surface area contributed by atoms with Crippen LogP contribution in [0.15, 0.2) is 70.1 Å². The summed E-state index contributed by atoms with van der Waals surface area (Å²) in [7, 11) is 0. The van der Waals surface area contributed by atoms with E-state index in [1.807, 2.05) is 25.1 Å². The molecule has 1 aliphatic rings. The highest BCUT2D eigenvalue weighted by Gasteiger charge is 2.45. The molecule has 0 spiro atoms. The Kier molecular flexibility index (Phi) is 7.75. The van der Waals surface area contributed by atoms with Crippen molar-refractivity contribution in [3.63, 3.8) is 0 Å². The minimum atomic E-state index is -4.25. The van der Waals surface area contributed by atoms with Gasteiger partial charge in [0.2, 0.25) is 0 Å². The van der Waals surface area contributed by atoms with Gasteiger partial charge in [-0.2, -0.15) is 13.2 Å². The van der Waals surface area contributed by atoms with Crippen molar-refractivity contribution in [2.75, 3.05) is 0 Å². The summed E-state index contributed by atoms with van der Waals surface area (Å²) in [6.45, 7) is 6.02. The van der Waals surface area contributed by atoms with Gasteiger partial charge < -0.3 is 4.57 Å². The van der Waals surface area contributed by atoms with Crippen molar-refractivity contribution in [1.29, 1.82) is 0 Å². The third-order valence-electron chi connectivity index (χ3n) is 6.43. The lowest BCUT2D eigenvalue weighted by molar-refractivity contribution is -0.174. The zero-order valence-corrected chi connectivity index (χ0v) is 18.8. The smallest absolute Gasteiger partial charge is 0.311 e. The van der Waals surface area contributed by atoms with Crippen molar-refractivity contribution in [1.82, 2.24) is 4.57 Å². The number of allylic oxidation sites excluding steroid dienone is 1. The van der Waals surface area contributed by atoms with Crippen LogP contribution in [0.2, 0.25) is 0 Å². The topological polar surface area (TPSA) is 34.4 Å². The standard InChI is InChI=1S/C26H31F3N2O/c1-4-18(2)25(26(27,28)29)22-15-23(30-16-22)19(3)8-9-20-10-12-21(13-11-20)17-31-14-6-5-7-24(31)32/h5-7,10-16,18-19,23,25H,4,8-9,17H2,1-3H3. The number of hydrogen-bond acceptors (Lipinski definition) is 2. The molecule has 2 heterocycles. The summed E-state index contributed by atoms with van der Waals surface area (Å²) in [4.78, 5) is 16.3. The minimum Gasteiger partial charge on any atom is -0.311 e. The Labute approximate surface area is 187 Å². The summed E-state index contributed by atoms with van der Waals surface area (Å²) in [5.74, 6) is -1.76. The van der Waals surface area contributed by atoms with Gasteiger partial charge in [0.1, 0.15) is 0 Å². The first kappa shape index (κ1) is 24.0. The summed E-state index contributed by atoms with van der Waals surface area (Å²) in [5, 5.41) is 0. The van der Waals surface area contributed by atoms with Gasteiger partial charge in [0.25, 0.3) is 5.56 Å². The quantitative estimate of drug-likeness (QED) is 0.462. The van der Waals surface area contributed by atoms with Crippen molar-refractivity contribution < 1.29 is 13.2 Å². The molecule has 0 N–H and O–H groups in total. The van der Waals surface area contributed by atoms with Gasteiger partial charge in [-0.15, -0.1) is 0 Å². The molecule has 0 fully saturated rings. The number of pyridine rings is 1. The van der Waals surface area contributed by atoms with Gasteiger partial charge in [0.05, 0.1) is 18.5 Å². The Morgan fingerprint density at radius 1 is 1.06 bits per heavy atom. The SMILES string of the molecule is CCC(C)C(C1=CC(C(C)CCc2ccc(Cn3ccccc3=O)cc2)N=C1)C(F)(F)F. The van der Waals surface area contributed by atoms with Crippen LogP contribution in [0.5, 0.6) is 0 Å². The number of halogens is 3. The predicted octanol–water partition coefficient (Wildman–Crippen LogP) is 6.07. The highest BCUT2D eigenvalue weighted by atomic mass is 19.4. The van der Waals surface area contributed by atoms with E-state index in [1.165, 1.54) is 11.8 Å². The van der Waals surface area contributed by atoms with E-state index in [9.17, 15) is 18.0 Å². The van der Waals surface area contributed by atoms with Crippen LogP contribution < -0.4 is 5.56 Å². The normalized spacial score (nSPS) is 18.9. The molecule has 0 aliphatic carbocycles. The fourth-order valence-electron chi connectivity index (χ4n) is 4.19. The maximum Gasteiger partial charge on any atom is 0.396 e. The van der Waals surface area contributed by atoms with E-state index in [0.29, 0.717) is 18.5 Å². The van der Waals surface area contributed by atoms with Crippen molar-refractivity contribution in [3.8, 4) is 0 Å². The molecule has 4 unspecified atom stereocenters. The number of aromatic nitrogens is 1. The maximum absolute atomic E-state index is 13.6. The van der Waals surface area contributed by atoms with E-state index in [0.717, 1.165) is 18.4 Å². The molecule has 3 rings (SSSR count). The number of benzene rings is 1. The second-order valence-electron chi connectivity index (χ2n) is 8.84. The van der Waals surface area contributed by atoms with Gasteiger partial charge >= 0.3 is 6.18 Å². The Morgan fingerprint density at radius 2 is 1.75 bits per heavy atom. The van der Waals surface area contributed by atoms with Crippen LogP contribution >= 0.6 is 0 Å². The Bertz CT molecular complexity index is 1000. The van der Waals surface area contributed by atoms with Gasteiger partial charge in [0.15, 0.2) is 0 Å². The monoisotopic (exact) mass is 444 g/mol. The largest absolute Gasteiger partial charge is 0.396 e. The van der Waals surface area contributed by atoms with Crippen molar-refractivity contribution in [3.05, 3.63) is 81.8 Å². The van der Waals surface area contributed by atoms with Crippen LogP contribution in [-0.4, -0.2) is 23.0 Å². The molecule has 4 atom stereocenters. The Hall–Kier alpha value is -2.63. The Morgan fingerprint density at radius 3 is 2.38 bits per heavy atom. The van der Waals surface area contributed by atoms with Gasteiger partial charge in [-0.1, -0.05) is 63.6 Å². The maximum atomic E-state index is 13.6. The lowest BCUT2D eigenvalue weighted by Crippen LogP contribution is -2.30. The molecule has 0 radical (unpaired) electrons. The first-order valence-electron chi connectivity index (χ1n) is 11.2. The summed E-state index contributed by atoms with van der Waals surface area (Å²) in [6, 6.07) is 13.0. The fraction of sp³-hybridized carbons (Fsp3) is 0.462. The minimum absolute atomic E-state index is 0.0314. The molecule has 1 aliphatic heterocycles. The van der Waals surface area contributed by atoms with Gasteiger partial charge in [-0.05, 0) is 47.4 Å². The van der Waals surface area contributed by atoms with Gasteiger partial charge in [-0.25, -0.2) is 0 Å². The average Bonchev–Trinajstić information content (AvgIpc) is 3.23. The first-order valence-corrected chi connectivity index (χ1v) is 11.2. The van der Waals surface area contributed by atoms with Crippen molar-refractivity contribution in [2.24, 2.45) is 22.7 Å². The van der Waals surface area contributed by atoms with E-state index in [4.69, 9.17) is 0 Å². The summed E-state index contributed by atoms with van der Waals surface area (Å²) in [5.41, 5.74) is 2.49. The van der Waals surface area contributed by atoms with Crippen molar-refractivity contribution >= 4 is 6.21 Å². The number of rotatable bonds is 9. The van der Waals surface area contributed by atoms with Crippen LogP contribution in [0.3, 0.4) is 0 Å². The van der Waals surface area contributed by atoms with Crippen molar-refractivity contribution in [2.45, 2.75) is 58.8 Å². The van der Waals surface area contributed by atoms with Crippen LogP contribution in [0.4, 0.5) is 13.2 Å². The second kappa shape index (κ2) is 10.3. The number of alkyl halides is 3. The Balaban J connectivity index is 1.58. The third-order valence-corrected chi connectivity index (χ3v) is 6.43. The highest BCUT2D eigenvalue weighted by Crippen LogP contribution is 2.40. The molecule has 6 heteroatoms. The first-order chi connectivity index (χ1) is 15.2. The molecule has 2 aromatic rings. The zero-order chi connectivity index (χ0) is 23.3. The van der Waals surface area contributed by atoms with E-state index in [2.05, 4.69) is 17.1 Å². The molecule has 1 aromatic carbocycles. The molecule has 172 valence electrons. The molecule has 3 nitrogen and oxygen atoms in total. The summed E-state index contributed by atoms with van der Waals surface area (Å²) >= 11 is 0. The molecular weight excluding hydrogens is 413 g/mol. The highest BCUT2D eigenvalue weighted by molar-refractivity contribution is 5.82. The average molecular weight is 445 g/mol. The van der Waals surface area contributed by atoms with Gasteiger partial charge in [-0.3, -0.25) is 9.79 Å². The molecule has 1 aromatic heterocycles. The molecular formula is C26H31F3N2O. The molecule has 0 saturated heterocycles. The summed E-state index contributed by atoms with van der Waals surface area (Å²) in [6.07, 6.45) is 2.82. The number of nitrogens with zero attached hydrogens (tertiary/aromatic N) is 2. The van der Waals surface area contributed by atoms with Crippen LogP contribution in [0.25, 0.3) is 0 Å². The number of aryl methyl sites for hydroxylation is 1. The van der Waals surface area contributed by atoms with Crippen LogP contribution in [-0.2, 0) is 13.0 Å². The molecule has 0 amide bonds. The number of hydrogen-bond donors (Lipinski definition) is 0. The van der Waals surface area contributed by atoms with E-state index < -0.39 is 18.0 Å². The fourth-order valence-corrected chi connectivity index (χ4v) is 4.19. The second-order valence-corrected chi connectivity index (χ2v) is 8.84.